The lowest BCUT2D eigenvalue weighted by atomic mass is 9.95. The third-order valence-electron chi connectivity index (χ3n) is 5.45. The minimum absolute atomic E-state index is 0.147. The molecule has 152 valence electrons. The number of benzene rings is 1. The number of anilines is 1. The number of hydrogen-bond acceptors (Lipinski definition) is 4. The summed E-state index contributed by atoms with van der Waals surface area (Å²) < 4.78 is 5.39. The number of aryl methyl sites for hydroxylation is 2. The second-order valence-corrected chi connectivity index (χ2v) is 7.60. The van der Waals surface area contributed by atoms with Crippen LogP contribution in [-0.4, -0.2) is 29.5 Å². The molecule has 1 aliphatic heterocycles. The van der Waals surface area contributed by atoms with E-state index in [0.717, 1.165) is 55.3 Å². The Bertz CT molecular complexity index is 976. The zero-order valence-electron chi connectivity index (χ0n) is 16.3. The number of aromatic nitrogens is 1. The van der Waals surface area contributed by atoms with Crippen LogP contribution >= 0.6 is 0 Å². The van der Waals surface area contributed by atoms with Crippen LogP contribution < -0.4 is 16.2 Å². The zero-order valence-corrected chi connectivity index (χ0v) is 16.3. The van der Waals surface area contributed by atoms with E-state index in [9.17, 15) is 14.4 Å². The molecule has 0 radical (unpaired) electrons. The molecule has 2 aromatic rings. The summed E-state index contributed by atoms with van der Waals surface area (Å²) in [5.41, 5.74) is 3.29. The first-order chi connectivity index (χ1) is 14.1. The molecular formula is C22H25N3O4. The van der Waals surface area contributed by atoms with E-state index in [-0.39, 0.29) is 23.6 Å². The normalized spacial score (nSPS) is 18.1. The topological polar surface area (TPSA) is 100 Å². The molecule has 1 atom stereocenters. The number of hydrogen-bond donors (Lipinski definition) is 3. The molecule has 0 bridgehead atoms. The third kappa shape index (κ3) is 4.56. The van der Waals surface area contributed by atoms with Crippen molar-refractivity contribution >= 4 is 17.5 Å². The molecule has 29 heavy (non-hydrogen) atoms. The predicted octanol–water partition coefficient (Wildman–Crippen LogP) is 2.30. The molecule has 1 aromatic carbocycles. The van der Waals surface area contributed by atoms with Crippen molar-refractivity contribution in [3.05, 3.63) is 63.1 Å². The molecule has 1 aromatic heterocycles. The maximum absolute atomic E-state index is 12.5. The van der Waals surface area contributed by atoms with Crippen LogP contribution in [0.4, 0.5) is 5.69 Å². The van der Waals surface area contributed by atoms with Crippen molar-refractivity contribution in [2.24, 2.45) is 0 Å². The van der Waals surface area contributed by atoms with Crippen LogP contribution in [0.25, 0.3) is 0 Å². The number of amides is 2. The lowest BCUT2D eigenvalue weighted by Crippen LogP contribution is -2.31. The van der Waals surface area contributed by atoms with Crippen LogP contribution in [0.15, 0.2) is 35.1 Å². The van der Waals surface area contributed by atoms with Crippen LogP contribution in [0.3, 0.4) is 0 Å². The molecule has 2 aliphatic rings. The maximum atomic E-state index is 12.5. The van der Waals surface area contributed by atoms with Gasteiger partial charge in [-0.1, -0.05) is 12.1 Å². The van der Waals surface area contributed by atoms with E-state index in [1.54, 1.807) is 12.1 Å². The molecule has 7 heteroatoms. The summed E-state index contributed by atoms with van der Waals surface area (Å²) in [5, 5.41) is 5.66. The number of H-pyrrole nitrogens is 1. The smallest absolute Gasteiger partial charge is 0.261 e. The number of nitrogens with one attached hydrogen (secondary N) is 3. The SMILES string of the molecule is O=C(NCc1cccc(NC(=O)[C@@H]2CCCO2)c1)c1cc2c([nH]c1=O)CCCC2. The van der Waals surface area contributed by atoms with Gasteiger partial charge < -0.3 is 20.4 Å². The average molecular weight is 395 g/mol. The van der Waals surface area contributed by atoms with Crippen LogP contribution in [-0.2, 0) is 28.9 Å². The number of ether oxygens (including phenoxy) is 1. The molecule has 7 nitrogen and oxygen atoms in total. The quantitative estimate of drug-likeness (QED) is 0.723. The van der Waals surface area contributed by atoms with Crippen LogP contribution in [0, 0.1) is 0 Å². The Morgan fingerprint density at radius 3 is 2.83 bits per heavy atom. The van der Waals surface area contributed by atoms with Crippen molar-refractivity contribution in [2.75, 3.05) is 11.9 Å². The van der Waals surface area contributed by atoms with Gasteiger partial charge in [0, 0.05) is 24.5 Å². The third-order valence-corrected chi connectivity index (χ3v) is 5.45. The Balaban J connectivity index is 1.39. The molecule has 1 aliphatic carbocycles. The summed E-state index contributed by atoms with van der Waals surface area (Å²) in [6.07, 6.45) is 5.12. The number of carbonyl (C=O) groups excluding carboxylic acids is 2. The van der Waals surface area contributed by atoms with Gasteiger partial charge in [0.25, 0.3) is 17.4 Å². The molecule has 4 rings (SSSR count). The molecule has 3 N–H and O–H groups in total. The fourth-order valence-electron chi connectivity index (χ4n) is 3.89. The molecule has 1 saturated heterocycles. The second-order valence-electron chi connectivity index (χ2n) is 7.60. The standard InChI is InChI=1S/C22H25N3O4/c26-20(17-12-15-6-1-2-8-18(15)25-21(17)27)23-13-14-5-3-7-16(11-14)24-22(28)19-9-4-10-29-19/h3,5,7,11-12,19H,1-2,4,6,8-10,13H2,(H,23,26)(H,24,28)(H,25,27)/t19-/m0/s1. The van der Waals surface area contributed by atoms with Gasteiger partial charge in [-0.15, -0.1) is 0 Å². The highest BCUT2D eigenvalue weighted by atomic mass is 16.5. The first-order valence-corrected chi connectivity index (χ1v) is 10.1. The van der Waals surface area contributed by atoms with E-state index in [0.29, 0.717) is 12.3 Å². The van der Waals surface area contributed by atoms with E-state index in [4.69, 9.17) is 4.74 Å². The van der Waals surface area contributed by atoms with E-state index >= 15 is 0 Å². The van der Waals surface area contributed by atoms with Crippen LogP contribution in [0.2, 0.25) is 0 Å². The van der Waals surface area contributed by atoms with E-state index in [1.165, 1.54) is 0 Å². The summed E-state index contributed by atoms with van der Waals surface area (Å²) in [6.45, 7) is 0.880. The molecule has 2 heterocycles. The molecule has 0 saturated carbocycles. The molecule has 0 unspecified atom stereocenters. The van der Waals surface area contributed by atoms with Gasteiger partial charge in [-0.25, -0.2) is 0 Å². The van der Waals surface area contributed by atoms with E-state index in [1.807, 2.05) is 18.2 Å². The average Bonchev–Trinajstić information content (AvgIpc) is 3.27. The maximum Gasteiger partial charge on any atom is 0.261 e. The number of aromatic amines is 1. The van der Waals surface area contributed by atoms with Crippen molar-refractivity contribution in [3.8, 4) is 0 Å². The summed E-state index contributed by atoms with van der Waals surface area (Å²) in [6, 6.07) is 9.01. The molecule has 2 amide bonds. The van der Waals surface area contributed by atoms with E-state index in [2.05, 4.69) is 15.6 Å². The lowest BCUT2D eigenvalue weighted by Gasteiger charge is -2.16. The number of fused-ring (bicyclic) bond motifs is 1. The Labute approximate surface area is 168 Å². The Hall–Kier alpha value is -2.93. The number of pyridine rings is 1. The highest BCUT2D eigenvalue weighted by Crippen LogP contribution is 2.19. The van der Waals surface area contributed by atoms with Crippen LogP contribution in [0.5, 0.6) is 0 Å². The molecule has 1 fully saturated rings. The van der Waals surface area contributed by atoms with Gasteiger partial charge in [0.1, 0.15) is 11.7 Å². The molecular weight excluding hydrogens is 370 g/mol. The minimum atomic E-state index is -0.395. The van der Waals surface area contributed by atoms with Crippen molar-refractivity contribution in [1.82, 2.24) is 10.3 Å². The first kappa shape index (κ1) is 19.4. The Morgan fingerprint density at radius 1 is 1.14 bits per heavy atom. The Morgan fingerprint density at radius 2 is 2.00 bits per heavy atom. The fourth-order valence-corrected chi connectivity index (χ4v) is 3.89. The monoisotopic (exact) mass is 395 g/mol. The van der Waals surface area contributed by atoms with Crippen molar-refractivity contribution in [3.63, 3.8) is 0 Å². The van der Waals surface area contributed by atoms with Gasteiger partial charge in [0.05, 0.1) is 0 Å². The first-order valence-electron chi connectivity index (χ1n) is 10.1. The van der Waals surface area contributed by atoms with Crippen molar-refractivity contribution in [1.29, 1.82) is 0 Å². The highest BCUT2D eigenvalue weighted by Gasteiger charge is 2.23. The van der Waals surface area contributed by atoms with Crippen LogP contribution in [0.1, 0.15) is 52.9 Å². The zero-order chi connectivity index (χ0) is 20.2. The van der Waals surface area contributed by atoms with Gasteiger partial charge in [0.15, 0.2) is 0 Å². The van der Waals surface area contributed by atoms with Crippen molar-refractivity contribution in [2.45, 2.75) is 51.2 Å². The van der Waals surface area contributed by atoms with Gasteiger partial charge in [-0.2, -0.15) is 0 Å². The van der Waals surface area contributed by atoms with Crippen molar-refractivity contribution < 1.29 is 14.3 Å². The minimum Gasteiger partial charge on any atom is -0.368 e. The number of rotatable bonds is 5. The lowest BCUT2D eigenvalue weighted by molar-refractivity contribution is -0.124. The second kappa shape index (κ2) is 8.61. The largest absolute Gasteiger partial charge is 0.368 e. The summed E-state index contributed by atoms with van der Waals surface area (Å²) >= 11 is 0. The van der Waals surface area contributed by atoms with Gasteiger partial charge in [0.2, 0.25) is 0 Å². The summed E-state index contributed by atoms with van der Waals surface area (Å²) in [4.78, 5) is 39.9. The predicted molar refractivity (Wildman–Crippen MR) is 109 cm³/mol. The van der Waals surface area contributed by atoms with E-state index < -0.39 is 12.0 Å². The summed E-state index contributed by atoms with van der Waals surface area (Å²) in [7, 11) is 0. The summed E-state index contributed by atoms with van der Waals surface area (Å²) in [5.74, 6) is -0.544. The molecule has 0 spiro atoms. The fraction of sp³-hybridized carbons (Fsp3) is 0.409. The Kier molecular flexibility index (Phi) is 5.76. The van der Waals surface area contributed by atoms with Gasteiger partial charge in [-0.3, -0.25) is 14.4 Å². The number of carbonyl (C=O) groups is 2. The van der Waals surface area contributed by atoms with Gasteiger partial charge in [-0.05, 0) is 67.9 Å². The van der Waals surface area contributed by atoms with Gasteiger partial charge >= 0.3 is 0 Å². The highest BCUT2D eigenvalue weighted by molar-refractivity contribution is 5.95.